The van der Waals surface area contributed by atoms with Gasteiger partial charge in [-0.15, -0.1) is 11.3 Å². The van der Waals surface area contributed by atoms with E-state index in [0.29, 0.717) is 24.9 Å². The SMILES string of the molecule is O=[N+]([O-])c1cc(S(=O)(=O)N2CC3CCCC3C2)sc1Cl. The maximum Gasteiger partial charge on any atom is 0.300 e. The summed E-state index contributed by atoms with van der Waals surface area (Å²) in [4.78, 5) is 10.1. The average molecular weight is 337 g/mol. The second-order valence-electron chi connectivity index (χ2n) is 5.25. The lowest BCUT2D eigenvalue weighted by Crippen LogP contribution is -2.29. The molecule has 2 heterocycles. The van der Waals surface area contributed by atoms with Crippen molar-refractivity contribution in [3.8, 4) is 0 Å². The highest BCUT2D eigenvalue weighted by molar-refractivity contribution is 7.91. The van der Waals surface area contributed by atoms with Crippen molar-refractivity contribution >= 4 is 38.6 Å². The van der Waals surface area contributed by atoms with Gasteiger partial charge in [0.15, 0.2) is 4.34 Å². The van der Waals surface area contributed by atoms with Crippen LogP contribution >= 0.6 is 22.9 Å². The van der Waals surface area contributed by atoms with Crippen LogP contribution in [-0.4, -0.2) is 30.7 Å². The van der Waals surface area contributed by atoms with E-state index < -0.39 is 14.9 Å². The van der Waals surface area contributed by atoms with Crippen molar-refractivity contribution in [3.05, 3.63) is 20.5 Å². The van der Waals surface area contributed by atoms with Crippen LogP contribution in [0.3, 0.4) is 0 Å². The second-order valence-corrected chi connectivity index (χ2v) is 9.07. The molecule has 1 aliphatic carbocycles. The Kier molecular flexibility index (Phi) is 3.52. The molecule has 2 unspecified atom stereocenters. The van der Waals surface area contributed by atoms with Gasteiger partial charge >= 0.3 is 0 Å². The third kappa shape index (κ3) is 2.24. The Labute approximate surface area is 125 Å². The zero-order valence-electron chi connectivity index (χ0n) is 10.5. The van der Waals surface area contributed by atoms with Crippen LogP contribution < -0.4 is 0 Å². The minimum atomic E-state index is -3.65. The molecule has 0 N–H and O–H groups in total. The van der Waals surface area contributed by atoms with E-state index in [1.165, 1.54) is 10.7 Å². The van der Waals surface area contributed by atoms with Gasteiger partial charge in [0, 0.05) is 19.2 Å². The van der Waals surface area contributed by atoms with Gasteiger partial charge in [-0.05, 0) is 24.7 Å². The van der Waals surface area contributed by atoms with Crippen molar-refractivity contribution in [3.63, 3.8) is 0 Å². The predicted molar refractivity (Wildman–Crippen MR) is 75.6 cm³/mol. The van der Waals surface area contributed by atoms with Crippen LogP contribution in [-0.2, 0) is 10.0 Å². The Morgan fingerprint density at radius 3 is 2.45 bits per heavy atom. The normalized spacial score (nSPS) is 26.9. The fourth-order valence-corrected chi connectivity index (χ4v) is 6.48. The molecule has 3 rings (SSSR count). The first-order valence-electron chi connectivity index (χ1n) is 6.33. The van der Waals surface area contributed by atoms with Gasteiger partial charge < -0.3 is 0 Å². The van der Waals surface area contributed by atoms with Crippen molar-refractivity contribution in [1.82, 2.24) is 4.31 Å². The average Bonchev–Trinajstić information content (AvgIpc) is 3.00. The van der Waals surface area contributed by atoms with E-state index in [1.54, 1.807) is 0 Å². The maximum absolute atomic E-state index is 12.5. The van der Waals surface area contributed by atoms with Crippen molar-refractivity contribution in [2.45, 2.75) is 23.5 Å². The van der Waals surface area contributed by atoms with Crippen LogP contribution in [0.25, 0.3) is 0 Å². The highest BCUT2D eigenvalue weighted by atomic mass is 35.5. The molecule has 1 aliphatic heterocycles. The van der Waals surface area contributed by atoms with E-state index in [4.69, 9.17) is 11.6 Å². The maximum atomic E-state index is 12.5. The topological polar surface area (TPSA) is 80.5 Å². The van der Waals surface area contributed by atoms with Crippen molar-refractivity contribution in [1.29, 1.82) is 0 Å². The quantitative estimate of drug-likeness (QED) is 0.627. The number of fused-ring (bicyclic) bond motifs is 1. The van der Waals surface area contributed by atoms with Crippen LogP contribution in [0.15, 0.2) is 10.3 Å². The number of sulfonamides is 1. The molecule has 0 aromatic carbocycles. The van der Waals surface area contributed by atoms with Gasteiger partial charge in [0.1, 0.15) is 4.21 Å². The first kappa shape index (κ1) is 14.2. The minimum absolute atomic E-state index is 0.0332. The molecule has 20 heavy (non-hydrogen) atoms. The van der Waals surface area contributed by atoms with E-state index in [0.717, 1.165) is 30.2 Å². The van der Waals surface area contributed by atoms with E-state index in [9.17, 15) is 18.5 Å². The summed E-state index contributed by atoms with van der Waals surface area (Å²) in [6.45, 7) is 1.05. The Morgan fingerprint density at radius 2 is 1.95 bits per heavy atom. The molecule has 110 valence electrons. The summed E-state index contributed by atoms with van der Waals surface area (Å²) in [5.74, 6) is 0.880. The van der Waals surface area contributed by atoms with Gasteiger partial charge in [-0.3, -0.25) is 10.1 Å². The third-order valence-electron chi connectivity index (χ3n) is 4.13. The summed E-state index contributed by atoms with van der Waals surface area (Å²) in [6.07, 6.45) is 3.31. The summed E-state index contributed by atoms with van der Waals surface area (Å²) in [6, 6.07) is 1.07. The molecule has 0 bridgehead atoms. The van der Waals surface area contributed by atoms with Gasteiger partial charge in [-0.1, -0.05) is 18.0 Å². The molecule has 2 fully saturated rings. The molecule has 1 saturated carbocycles. The van der Waals surface area contributed by atoms with E-state index >= 15 is 0 Å². The van der Waals surface area contributed by atoms with Crippen LogP contribution in [0.5, 0.6) is 0 Å². The fourth-order valence-electron chi connectivity index (χ4n) is 3.11. The van der Waals surface area contributed by atoms with Gasteiger partial charge in [0.25, 0.3) is 15.7 Å². The van der Waals surface area contributed by atoms with Crippen LogP contribution in [0.2, 0.25) is 4.34 Å². The van der Waals surface area contributed by atoms with E-state index in [2.05, 4.69) is 0 Å². The van der Waals surface area contributed by atoms with Crippen LogP contribution in [0, 0.1) is 22.0 Å². The standard InChI is InChI=1S/C11H13ClN2O4S2/c12-11-9(14(15)16)4-10(19-11)20(17,18)13-5-7-2-1-3-8(7)6-13/h4,7-8H,1-3,5-6H2. The van der Waals surface area contributed by atoms with Gasteiger partial charge in [-0.2, -0.15) is 4.31 Å². The van der Waals surface area contributed by atoms with Crippen molar-refractivity contribution < 1.29 is 13.3 Å². The number of thiophene rings is 1. The molecule has 1 aromatic rings. The number of nitrogens with zero attached hydrogens (tertiary/aromatic N) is 2. The lowest BCUT2D eigenvalue weighted by atomic mass is 10.0. The molecule has 2 aliphatic rings. The summed E-state index contributed by atoms with van der Waals surface area (Å²) in [7, 11) is -3.65. The smallest absolute Gasteiger partial charge is 0.258 e. The Balaban J connectivity index is 1.89. The van der Waals surface area contributed by atoms with Gasteiger partial charge in [-0.25, -0.2) is 8.42 Å². The summed E-state index contributed by atoms with van der Waals surface area (Å²) >= 11 is 6.50. The molecule has 1 saturated heterocycles. The molecule has 0 radical (unpaired) electrons. The van der Waals surface area contributed by atoms with Crippen LogP contribution in [0.4, 0.5) is 5.69 Å². The van der Waals surface area contributed by atoms with Crippen molar-refractivity contribution in [2.24, 2.45) is 11.8 Å². The molecular weight excluding hydrogens is 324 g/mol. The second kappa shape index (κ2) is 4.94. The lowest BCUT2D eigenvalue weighted by molar-refractivity contribution is -0.384. The lowest BCUT2D eigenvalue weighted by Gasteiger charge is -2.15. The van der Waals surface area contributed by atoms with Gasteiger partial charge in [0.2, 0.25) is 0 Å². The number of nitro groups is 1. The molecular formula is C11H13ClN2O4S2. The first-order chi connectivity index (χ1) is 9.39. The van der Waals surface area contributed by atoms with Gasteiger partial charge in [0.05, 0.1) is 4.92 Å². The van der Waals surface area contributed by atoms with E-state index in [1.807, 2.05) is 0 Å². The summed E-state index contributed by atoms with van der Waals surface area (Å²) in [5, 5.41) is 10.8. The molecule has 1 aromatic heterocycles. The first-order valence-corrected chi connectivity index (χ1v) is 8.97. The zero-order valence-corrected chi connectivity index (χ0v) is 12.9. The summed E-state index contributed by atoms with van der Waals surface area (Å²) in [5.41, 5.74) is -0.338. The van der Waals surface area contributed by atoms with Crippen LogP contribution in [0.1, 0.15) is 19.3 Å². The molecule has 6 nitrogen and oxygen atoms in total. The molecule has 9 heteroatoms. The molecule has 2 atom stereocenters. The predicted octanol–water partition coefficient (Wildman–Crippen LogP) is 2.73. The highest BCUT2D eigenvalue weighted by Gasteiger charge is 2.42. The Hall–Kier alpha value is -0.700. The monoisotopic (exact) mass is 336 g/mol. The number of rotatable bonds is 3. The summed E-state index contributed by atoms with van der Waals surface area (Å²) < 4.78 is 26.3. The number of hydrogen-bond acceptors (Lipinski definition) is 5. The molecule has 0 spiro atoms. The number of halogens is 1. The molecule has 0 amide bonds. The van der Waals surface area contributed by atoms with Crippen molar-refractivity contribution in [2.75, 3.05) is 13.1 Å². The Bertz CT molecular complexity index is 645. The fraction of sp³-hybridized carbons (Fsp3) is 0.636. The van der Waals surface area contributed by atoms with E-state index in [-0.39, 0.29) is 14.2 Å². The minimum Gasteiger partial charge on any atom is -0.258 e. The Morgan fingerprint density at radius 1 is 1.35 bits per heavy atom. The zero-order chi connectivity index (χ0) is 14.5. The largest absolute Gasteiger partial charge is 0.300 e. The third-order valence-corrected chi connectivity index (χ3v) is 7.75. The number of hydrogen-bond donors (Lipinski definition) is 0. The highest BCUT2D eigenvalue weighted by Crippen LogP contribution is 2.42.